The van der Waals surface area contributed by atoms with Gasteiger partial charge in [-0.05, 0) is 28.1 Å². The van der Waals surface area contributed by atoms with Gasteiger partial charge in [0.25, 0.3) is 0 Å². The number of nitrogens with zero attached hydrogens (tertiary/aromatic N) is 3. The zero-order chi connectivity index (χ0) is 11.7. The number of nitrogens with two attached hydrogens (primary N) is 1. The fourth-order valence-electron chi connectivity index (χ4n) is 1.31. The summed E-state index contributed by atoms with van der Waals surface area (Å²) in [5.74, 6) is 0.0110. The Hall–Kier alpha value is -1.89. The number of para-hydroxylation sites is 1. The van der Waals surface area contributed by atoms with Gasteiger partial charge in [0.2, 0.25) is 5.82 Å². The van der Waals surface area contributed by atoms with E-state index in [1.807, 2.05) is 12.1 Å². The Morgan fingerprint density at radius 3 is 2.69 bits per heavy atom. The third kappa shape index (κ3) is 1.65. The predicted octanol–water partition coefficient (Wildman–Crippen LogP) is 2.13. The Labute approximate surface area is 99.0 Å². The number of nitro groups is 1. The highest BCUT2D eigenvalue weighted by Gasteiger charge is 2.19. The van der Waals surface area contributed by atoms with Gasteiger partial charge in [-0.15, -0.1) is 0 Å². The van der Waals surface area contributed by atoms with Crippen LogP contribution in [0.3, 0.4) is 0 Å². The highest BCUT2D eigenvalue weighted by Crippen LogP contribution is 2.27. The lowest BCUT2D eigenvalue weighted by molar-refractivity contribution is -0.383. The van der Waals surface area contributed by atoms with Crippen LogP contribution in [-0.2, 0) is 0 Å². The topological polar surface area (TPSA) is 87.0 Å². The lowest BCUT2D eigenvalue weighted by Crippen LogP contribution is -2.03. The number of anilines is 1. The average Bonchev–Trinajstić information content (AvgIpc) is 2.61. The molecule has 0 saturated carbocycles. The van der Waals surface area contributed by atoms with Crippen molar-refractivity contribution in [3.63, 3.8) is 0 Å². The van der Waals surface area contributed by atoms with Crippen LogP contribution in [0.2, 0.25) is 0 Å². The lowest BCUT2D eigenvalue weighted by atomic mass is 10.3. The third-order valence-electron chi connectivity index (χ3n) is 2.06. The van der Waals surface area contributed by atoms with Crippen molar-refractivity contribution in [2.45, 2.75) is 0 Å². The molecule has 7 heteroatoms. The van der Waals surface area contributed by atoms with Gasteiger partial charge >= 0.3 is 5.69 Å². The van der Waals surface area contributed by atoms with E-state index in [1.54, 1.807) is 12.1 Å². The van der Waals surface area contributed by atoms with Gasteiger partial charge in [0, 0.05) is 4.47 Å². The molecule has 2 N–H and O–H groups in total. The molecule has 0 amide bonds. The summed E-state index contributed by atoms with van der Waals surface area (Å²) in [5, 5.41) is 14.5. The Balaban J connectivity index is 2.58. The van der Waals surface area contributed by atoms with Crippen molar-refractivity contribution in [3.8, 4) is 5.69 Å². The quantitative estimate of drug-likeness (QED) is 0.675. The van der Waals surface area contributed by atoms with Crippen molar-refractivity contribution in [1.29, 1.82) is 0 Å². The minimum atomic E-state index is -0.560. The summed E-state index contributed by atoms with van der Waals surface area (Å²) in [7, 11) is 0. The molecule has 82 valence electrons. The smallest absolute Gasteiger partial charge is 0.331 e. The van der Waals surface area contributed by atoms with Crippen LogP contribution < -0.4 is 5.73 Å². The van der Waals surface area contributed by atoms with Gasteiger partial charge in [-0.25, -0.2) is 4.68 Å². The average molecular weight is 283 g/mol. The molecule has 2 rings (SSSR count). The van der Waals surface area contributed by atoms with Gasteiger partial charge in [0.15, 0.2) is 0 Å². The largest absolute Gasteiger partial charge is 0.378 e. The summed E-state index contributed by atoms with van der Waals surface area (Å²) >= 11 is 3.33. The normalized spacial score (nSPS) is 10.3. The van der Waals surface area contributed by atoms with Gasteiger partial charge in [-0.3, -0.25) is 10.1 Å². The molecule has 2 aromatic rings. The zero-order valence-corrected chi connectivity index (χ0v) is 9.59. The van der Waals surface area contributed by atoms with E-state index in [0.717, 1.165) is 10.7 Å². The van der Waals surface area contributed by atoms with Gasteiger partial charge in [0.1, 0.15) is 6.20 Å². The number of halogens is 1. The van der Waals surface area contributed by atoms with Crippen LogP contribution in [0.4, 0.5) is 11.5 Å². The van der Waals surface area contributed by atoms with Crippen molar-refractivity contribution in [1.82, 2.24) is 9.78 Å². The molecule has 6 nitrogen and oxygen atoms in total. The van der Waals surface area contributed by atoms with Crippen LogP contribution in [-0.4, -0.2) is 14.7 Å². The molecule has 1 aromatic heterocycles. The monoisotopic (exact) mass is 282 g/mol. The van der Waals surface area contributed by atoms with E-state index in [-0.39, 0.29) is 11.5 Å². The van der Waals surface area contributed by atoms with Crippen molar-refractivity contribution >= 4 is 27.4 Å². The first-order valence-electron chi connectivity index (χ1n) is 4.34. The molecule has 0 bridgehead atoms. The summed E-state index contributed by atoms with van der Waals surface area (Å²) < 4.78 is 2.09. The molecule has 0 saturated heterocycles. The van der Waals surface area contributed by atoms with Crippen LogP contribution in [0.15, 0.2) is 34.9 Å². The molecule has 0 aliphatic rings. The minimum Gasteiger partial charge on any atom is -0.378 e. The first kappa shape index (κ1) is 10.6. The molecule has 0 radical (unpaired) electrons. The standard InChI is InChI=1S/C9H7BrN4O2/c10-6-3-1-2-4-7(6)13-9(11)8(5-12-13)14(15)16/h1-5H,11H2. The van der Waals surface area contributed by atoms with Gasteiger partial charge in [-0.1, -0.05) is 12.1 Å². The number of hydrogen-bond donors (Lipinski definition) is 1. The molecule has 0 aliphatic heterocycles. The van der Waals surface area contributed by atoms with E-state index in [0.29, 0.717) is 5.69 Å². The van der Waals surface area contributed by atoms with Crippen molar-refractivity contribution in [2.75, 3.05) is 5.73 Å². The lowest BCUT2D eigenvalue weighted by Gasteiger charge is -2.04. The van der Waals surface area contributed by atoms with Crippen LogP contribution in [0.1, 0.15) is 0 Å². The summed E-state index contributed by atoms with van der Waals surface area (Å²) in [6, 6.07) is 7.20. The van der Waals surface area contributed by atoms with Gasteiger partial charge in [-0.2, -0.15) is 5.10 Å². The minimum absolute atomic E-state index is 0.0110. The number of hydrogen-bond acceptors (Lipinski definition) is 4. The molecule has 0 spiro atoms. The molecule has 0 unspecified atom stereocenters. The fourth-order valence-corrected chi connectivity index (χ4v) is 1.76. The first-order chi connectivity index (χ1) is 7.61. The van der Waals surface area contributed by atoms with E-state index in [1.165, 1.54) is 4.68 Å². The van der Waals surface area contributed by atoms with Crippen molar-refractivity contribution in [3.05, 3.63) is 45.0 Å². The molecule has 0 aliphatic carbocycles. The molecular formula is C9H7BrN4O2. The molecule has 1 aromatic carbocycles. The van der Waals surface area contributed by atoms with E-state index >= 15 is 0 Å². The van der Waals surface area contributed by atoms with Crippen LogP contribution in [0.25, 0.3) is 5.69 Å². The zero-order valence-electron chi connectivity index (χ0n) is 8.00. The molecule has 0 fully saturated rings. The SMILES string of the molecule is Nc1c([N+](=O)[O-])cnn1-c1ccccc1Br. The Morgan fingerprint density at radius 1 is 1.44 bits per heavy atom. The van der Waals surface area contributed by atoms with Crippen LogP contribution >= 0.6 is 15.9 Å². The number of rotatable bonds is 2. The van der Waals surface area contributed by atoms with Crippen molar-refractivity contribution < 1.29 is 4.92 Å². The predicted molar refractivity (Wildman–Crippen MR) is 62.3 cm³/mol. The molecule has 16 heavy (non-hydrogen) atoms. The summed E-state index contributed by atoms with van der Waals surface area (Å²) in [6.45, 7) is 0. The van der Waals surface area contributed by atoms with Crippen LogP contribution in [0, 0.1) is 10.1 Å². The third-order valence-corrected chi connectivity index (χ3v) is 2.73. The number of aromatic nitrogens is 2. The van der Waals surface area contributed by atoms with Crippen LogP contribution in [0.5, 0.6) is 0 Å². The maximum atomic E-state index is 10.6. The number of nitrogen functional groups attached to an aromatic ring is 1. The molecule has 0 atom stereocenters. The highest BCUT2D eigenvalue weighted by molar-refractivity contribution is 9.10. The maximum Gasteiger partial charge on any atom is 0.331 e. The number of benzene rings is 1. The van der Waals surface area contributed by atoms with E-state index in [4.69, 9.17) is 5.73 Å². The van der Waals surface area contributed by atoms with E-state index < -0.39 is 4.92 Å². The summed E-state index contributed by atoms with van der Waals surface area (Å²) in [4.78, 5) is 10.1. The Kier molecular flexibility index (Phi) is 2.61. The molecule has 1 heterocycles. The second-order valence-electron chi connectivity index (χ2n) is 3.04. The van der Waals surface area contributed by atoms with Gasteiger partial charge < -0.3 is 5.73 Å². The highest BCUT2D eigenvalue weighted by atomic mass is 79.9. The molecular weight excluding hydrogens is 276 g/mol. The van der Waals surface area contributed by atoms with Crippen molar-refractivity contribution in [2.24, 2.45) is 0 Å². The Morgan fingerprint density at radius 2 is 2.12 bits per heavy atom. The summed E-state index contributed by atoms with van der Waals surface area (Å²) in [6.07, 6.45) is 1.13. The van der Waals surface area contributed by atoms with E-state index in [9.17, 15) is 10.1 Å². The van der Waals surface area contributed by atoms with E-state index in [2.05, 4.69) is 21.0 Å². The Bertz CT molecular complexity index is 552. The second kappa shape index (κ2) is 3.93. The fraction of sp³-hybridized carbons (Fsp3) is 0. The second-order valence-corrected chi connectivity index (χ2v) is 3.89. The summed E-state index contributed by atoms with van der Waals surface area (Å²) in [5.41, 5.74) is 6.11. The maximum absolute atomic E-state index is 10.6. The first-order valence-corrected chi connectivity index (χ1v) is 5.13. The van der Waals surface area contributed by atoms with Gasteiger partial charge in [0.05, 0.1) is 10.6 Å².